The van der Waals surface area contributed by atoms with Crippen molar-refractivity contribution in [2.24, 2.45) is 5.11 Å². The number of nitrogens with zero attached hydrogens (tertiary/aromatic N) is 3. The molecule has 1 aromatic rings. The fourth-order valence-electron chi connectivity index (χ4n) is 1.56. The smallest absolute Gasteiger partial charge is 0.221 e. The SMILES string of the molecule is CC(=O)Nc1ccc(C(O)CCCN=[N+]=[N-])cc1. The van der Waals surface area contributed by atoms with Gasteiger partial charge >= 0.3 is 0 Å². The molecule has 0 aliphatic rings. The van der Waals surface area contributed by atoms with E-state index >= 15 is 0 Å². The van der Waals surface area contributed by atoms with Gasteiger partial charge < -0.3 is 10.4 Å². The Hall–Kier alpha value is -2.04. The van der Waals surface area contributed by atoms with Gasteiger partial charge in [-0.3, -0.25) is 4.79 Å². The third-order valence-corrected chi connectivity index (χ3v) is 2.41. The number of benzene rings is 1. The first-order valence-corrected chi connectivity index (χ1v) is 5.70. The van der Waals surface area contributed by atoms with Crippen molar-refractivity contribution in [3.8, 4) is 0 Å². The zero-order chi connectivity index (χ0) is 13.4. The minimum Gasteiger partial charge on any atom is -0.388 e. The molecule has 0 heterocycles. The Kier molecular flexibility index (Phi) is 5.70. The molecule has 1 rings (SSSR count). The molecular formula is C12H16N4O2. The van der Waals surface area contributed by atoms with Gasteiger partial charge in [-0.15, -0.1) is 0 Å². The average Bonchev–Trinajstić information content (AvgIpc) is 2.34. The molecule has 0 saturated heterocycles. The van der Waals surface area contributed by atoms with Gasteiger partial charge in [0.2, 0.25) is 5.91 Å². The van der Waals surface area contributed by atoms with Gasteiger partial charge in [-0.05, 0) is 36.1 Å². The van der Waals surface area contributed by atoms with Crippen LogP contribution in [0.25, 0.3) is 10.4 Å². The number of rotatable bonds is 6. The molecule has 0 saturated carbocycles. The van der Waals surface area contributed by atoms with Crippen molar-refractivity contribution in [3.05, 3.63) is 40.3 Å². The molecule has 1 amide bonds. The molecule has 1 aromatic carbocycles. The number of aliphatic hydroxyl groups excluding tert-OH is 1. The van der Waals surface area contributed by atoms with Crippen LogP contribution in [0, 0.1) is 0 Å². The molecule has 6 heteroatoms. The van der Waals surface area contributed by atoms with E-state index in [2.05, 4.69) is 15.3 Å². The largest absolute Gasteiger partial charge is 0.388 e. The van der Waals surface area contributed by atoms with Crippen LogP contribution < -0.4 is 5.32 Å². The number of amides is 1. The molecule has 18 heavy (non-hydrogen) atoms. The molecule has 0 aliphatic carbocycles. The summed E-state index contributed by atoms with van der Waals surface area (Å²) < 4.78 is 0. The second kappa shape index (κ2) is 7.32. The van der Waals surface area contributed by atoms with Crippen molar-refractivity contribution in [2.45, 2.75) is 25.9 Å². The van der Waals surface area contributed by atoms with Crippen LogP contribution in [0.15, 0.2) is 29.4 Å². The van der Waals surface area contributed by atoms with Crippen LogP contribution in [-0.4, -0.2) is 17.6 Å². The maximum atomic E-state index is 10.8. The third-order valence-electron chi connectivity index (χ3n) is 2.41. The molecule has 0 aromatic heterocycles. The molecule has 0 fully saturated rings. The van der Waals surface area contributed by atoms with E-state index in [1.165, 1.54) is 6.92 Å². The maximum absolute atomic E-state index is 10.8. The van der Waals surface area contributed by atoms with Gasteiger partial charge in [0.15, 0.2) is 0 Å². The van der Waals surface area contributed by atoms with E-state index in [1.54, 1.807) is 24.3 Å². The summed E-state index contributed by atoms with van der Waals surface area (Å²) in [6.45, 7) is 1.83. The molecule has 6 nitrogen and oxygen atoms in total. The first-order valence-electron chi connectivity index (χ1n) is 5.70. The molecule has 1 unspecified atom stereocenters. The Labute approximate surface area is 105 Å². The summed E-state index contributed by atoms with van der Waals surface area (Å²) in [5.41, 5.74) is 9.60. The summed E-state index contributed by atoms with van der Waals surface area (Å²) in [6.07, 6.45) is 0.599. The van der Waals surface area contributed by atoms with E-state index in [0.717, 1.165) is 5.56 Å². The van der Waals surface area contributed by atoms with Gasteiger partial charge in [0, 0.05) is 24.1 Å². The summed E-state index contributed by atoms with van der Waals surface area (Å²) in [6, 6.07) is 7.02. The number of anilines is 1. The van der Waals surface area contributed by atoms with E-state index in [0.29, 0.717) is 25.1 Å². The molecule has 2 N–H and O–H groups in total. The van der Waals surface area contributed by atoms with Crippen LogP contribution in [0.3, 0.4) is 0 Å². The minimum absolute atomic E-state index is 0.127. The molecule has 0 bridgehead atoms. The van der Waals surface area contributed by atoms with E-state index in [1.807, 2.05) is 0 Å². The topological polar surface area (TPSA) is 98.1 Å². The normalized spacial score (nSPS) is 11.4. The predicted molar refractivity (Wildman–Crippen MR) is 69.0 cm³/mol. The lowest BCUT2D eigenvalue weighted by Gasteiger charge is -2.11. The van der Waals surface area contributed by atoms with E-state index in [9.17, 15) is 9.90 Å². The Bertz CT molecular complexity index is 438. The molecule has 1 atom stereocenters. The predicted octanol–water partition coefficient (Wildman–Crippen LogP) is 2.77. The monoisotopic (exact) mass is 248 g/mol. The fraction of sp³-hybridized carbons (Fsp3) is 0.417. The lowest BCUT2D eigenvalue weighted by molar-refractivity contribution is -0.114. The summed E-state index contributed by atoms with van der Waals surface area (Å²) >= 11 is 0. The highest BCUT2D eigenvalue weighted by Gasteiger charge is 2.06. The highest BCUT2D eigenvalue weighted by molar-refractivity contribution is 5.88. The summed E-state index contributed by atoms with van der Waals surface area (Å²) in [5, 5.41) is 15.9. The van der Waals surface area contributed by atoms with Gasteiger partial charge in [-0.25, -0.2) is 0 Å². The third kappa shape index (κ3) is 4.86. The van der Waals surface area contributed by atoms with E-state index in [4.69, 9.17) is 5.53 Å². The van der Waals surface area contributed by atoms with Gasteiger partial charge in [0.25, 0.3) is 0 Å². The quantitative estimate of drug-likeness (QED) is 0.350. The van der Waals surface area contributed by atoms with E-state index < -0.39 is 6.10 Å². The van der Waals surface area contributed by atoms with Crippen LogP contribution in [0.5, 0.6) is 0 Å². The van der Waals surface area contributed by atoms with Crippen LogP contribution in [-0.2, 0) is 4.79 Å². The Balaban J connectivity index is 2.50. The number of hydrogen-bond donors (Lipinski definition) is 2. The second-order valence-electron chi connectivity index (χ2n) is 3.92. The molecule has 0 radical (unpaired) electrons. The standard InChI is InChI=1S/C12H16N4O2/c1-9(17)15-11-6-4-10(5-7-11)12(18)3-2-8-14-16-13/h4-7,12,18H,2-3,8H2,1H3,(H,15,17). The fourth-order valence-corrected chi connectivity index (χ4v) is 1.56. The summed E-state index contributed by atoms with van der Waals surface area (Å²) in [5.74, 6) is -0.127. The average molecular weight is 248 g/mol. The Morgan fingerprint density at radius 2 is 2.17 bits per heavy atom. The highest BCUT2D eigenvalue weighted by Crippen LogP contribution is 2.20. The second-order valence-corrected chi connectivity index (χ2v) is 3.92. The van der Waals surface area contributed by atoms with Gasteiger partial charge in [0.1, 0.15) is 0 Å². The zero-order valence-corrected chi connectivity index (χ0v) is 10.2. The Morgan fingerprint density at radius 1 is 1.50 bits per heavy atom. The lowest BCUT2D eigenvalue weighted by atomic mass is 10.0. The lowest BCUT2D eigenvalue weighted by Crippen LogP contribution is -2.06. The number of carbonyl (C=O) groups is 1. The van der Waals surface area contributed by atoms with Crippen molar-refractivity contribution in [3.63, 3.8) is 0 Å². The first-order chi connectivity index (χ1) is 8.63. The molecule has 96 valence electrons. The van der Waals surface area contributed by atoms with E-state index in [-0.39, 0.29) is 5.91 Å². The first kappa shape index (κ1) is 14.0. The number of nitrogens with one attached hydrogen (secondary N) is 1. The number of azide groups is 1. The van der Waals surface area contributed by atoms with Crippen LogP contribution in [0.2, 0.25) is 0 Å². The number of aliphatic hydroxyl groups is 1. The summed E-state index contributed by atoms with van der Waals surface area (Å²) in [4.78, 5) is 13.5. The van der Waals surface area contributed by atoms with Crippen molar-refractivity contribution in [1.82, 2.24) is 0 Å². The highest BCUT2D eigenvalue weighted by atomic mass is 16.3. The van der Waals surface area contributed by atoms with Gasteiger partial charge in [-0.1, -0.05) is 17.2 Å². The maximum Gasteiger partial charge on any atom is 0.221 e. The minimum atomic E-state index is -0.578. The van der Waals surface area contributed by atoms with Gasteiger partial charge in [-0.2, -0.15) is 0 Å². The van der Waals surface area contributed by atoms with Crippen molar-refractivity contribution in [1.29, 1.82) is 0 Å². The molecule has 0 spiro atoms. The van der Waals surface area contributed by atoms with Crippen LogP contribution in [0.1, 0.15) is 31.4 Å². The van der Waals surface area contributed by atoms with Crippen molar-refractivity contribution >= 4 is 11.6 Å². The Morgan fingerprint density at radius 3 is 2.72 bits per heavy atom. The summed E-state index contributed by atoms with van der Waals surface area (Å²) in [7, 11) is 0. The van der Waals surface area contributed by atoms with Crippen LogP contribution >= 0.6 is 0 Å². The molecular weight excluding hydrogens is 232 g/mol. The van der Waals surface area contributed by atoms with Gasteiger partial charge in [0.05, 0.1) is 6.10 Å². The van der Waals surface area contributed by atoms with Crippen LogP contribution in [0.4, 0.5) is 5.69 Å². The molecule has 0 aliphatic heterocycles. The van der Waals surface area contributed by atoms with Crippen molar-refractivity contribution < 1.29 is 9.90 Å². The number of carbonyl (C=O) groups excluding carboxylic acids is 1. The van der Waals surface area contributed by atoms with Crippen molar-refractivity contribution in [2.75, 3.05) is 11.9 Å². The zero-order valence-electron chi connectivity index (χ0n) is 10.2. The number of hydrogen-bond acceptors (Lipinski definition) is 3.